The number of unbranched alkanes of at least 4 members (excludes halogenated alkanes) is 18. The number of halogens is 3. The standard InChI is InChI=1S/C32H70N3O3P.3ClH/c1-3-5-7-9-11-13-15-17-19-21-30-37-39(36,32-29-35(27-23-25-33)28-24-26-34)38-31-22-20-18-16-14-12-10-8-6-4-2;;;/h3-34H2,1-2H3;3*1H. The van der Waals surface area contributed by atoms with Crippen LogP contribution in [0.25, 0.3) is 0 Å². The molecule has 0 aromatic carbocycles. The fourth-order valence-electron chi connectivity index (χ4n) is 4.98. The molecule has 0 aromatic rings. The SMILES string of the molecule is CCCCCCCCCCCCOP(=O)(CCN(CCCN)CCCN)OCCCCCCCCCCCC.Cl.Cl.Cl. The molecule has 0 heterocycles. The zero-order valence-corrected chi connectivity index (χ0v) is 31.1. The van der Waals surface area contributed by atoms with Crippen molar-refractivity contribution in [2.45, 2.75) is 155 Å². The maximum absolute atomic E-state index is 13.7. The molecule has 0 amide bonds. The van der Waals surface area contributed by atoms with Gasteiger partial charge < -0.3 is 25.4 Å². The average molecular weight is 685 g/mol. The van der Waals surface area contributed by atoms with Gasteiger partial charge in [0.25, 0.3) is 0 Å². The van der Waals surface area contributed by atoms with Gasteiger partial charge in [0.05, 0.1) is 19.4 Å². The maximum atomic E-state index is 13.7. The molecule has 42 heavy (non-hydrogen) atoms. The molecule has 0 atom stereocenters. The number of rotatable bonds is 33. The Balaban J connectivity index is -0.00000241. The first-order valence-corrected chi connectivity index (χ1v) is 18.8. The Labute approximate surface area is 281 Å². The van der Waals surface area contributed by atoms with Crippen molar-refractivity contribution in [2.75, 3.05) is 52.1 Å². The summed E-state index contributed by atoms with van der Waals surface area (Å²) >= 11 is 0. The largest absolute Gasteiger partial charge is 0.331 e. The zero-order valence-electron chi connectivity index (χ0n) is 27.7. The molecule has 0 saturated carbocycles. The van der Waals surface area contributed by atoms with Gasteiger partial charge in [-0.3, -0.25) is 4.57 Å². The van der Waals surface area contributed by atoms with Crippen molar-refractivity contribution in [2.24, 2.45) is 11.5 Å². The monoisotopic (exact) mass is 683 g/mol. The van der Waals surface area contributed by atoms with E-state index in [1.807, 2.05) is 0 Å². The summed E-state index contributed by atoms with van der Waals surface area (Å²) in [5.41, 5.74) is 11.5. The first-order chi connectivity index (χ1) is 19.1. The van der Waals surface area contributed by atoms with Gasteiger partial charge in [-0.2, -0.15) is 0 Å². The van der Waals surface area contributed by atoms with E-state index in [9.17, 15) is 4.57 Å². The predicted octanol–water partition coefficient (Wildman–Crippen LogP) is 10.3. The van der Waals surface area contributed by atoms with Gasteiger partial charge in [0.1, 0.15) is 0 Å². The molecule has 0 aromatic heterocycles. The summed E-state index contributed by atoms with van der Waals surface area (Å²) in [4.78, 5) is 2.32. The molecule has 0 aliphatic rings. The minimum absolute atomic E-state index is 0. The number of hydrogen-bond acceptors (Lipinski definition) is 6. The number of nitrogens with zero attached hydrogens (tertiary/aromatic N) is 1. The summed E-state index contributed by atoms with van der Waals surface area (Å²) in [6.45, 7) is 9.49. The molecule has 0 saturated heterocycles. The predicted molar refractivity (Wildman–Crippen MR) is 194 cm³/mol. The van der Waals surface area contributed by atoms with Crippen LogP contribution in [0.4, 0.5) is 0 Å². The Bertz CT molecular complexity index is 502. The summed E-state index contributed by atoms with van der Waals surface area (Å²) in [5, 5.41) is 0. The lowest BCUT2D eigenvalue weighted by Crippen LogP contribution is -2.31. The van der Waals surface area contributed by atoms with E-state index >= 15 is 0 Å². The molecule has 0 bridgehead atoms. The second-order valence-corrected chi connectivity index (χ2v) is 13.7. The van der Waals surface area contributed by atoms with Crippen LogP contribution in [0, 0.1) is 0 Å². The lowest BCUT2D eigenvalue weighted by atomic mass is 10.1. The Kier molecular flexibility index (Phi) is 47.3. The third kappa shape index (κ3) is 35.4. The van der Waals surface area contributed by atoms with Crippen molar-refractivity contribution in [3.63, 3.8) is 0 Å². The third-order valence-corrected chi connectivity index (χ3v) is 9.52. The van der Waals surface area contributed by atoms with E-state index in [4.69, 9.17) is 20.5 Å². The molecular formula is C32H73Cl3N3O3P. The van der Waals surface area contributed by atoms with Crippen molar-refractivity contribution in [3.8, 4) is 0 Å². The van der Waals surface area contributed by atoms with E-state index in [0.29, 0.717) is 39.0 Å². The first kappa shape index (κ1) is 49.8. The van der Waals surface area contributed by atoms with Crippen molar-refractivity contribution >= 4 is 44.8 Å². The Hall–Kier alpha value is 0.900. The van der Waals surface area contributed by atoms with Crippen molar-refractivity contribution < 1.29 is 13.6 Å². The van der Waals surface area contributed by atoms with Gasteiger partial charge in [0.15, 0.2) is 0 Å². The molecule has 0 aliphatic carbocycles. The van der Waals surface area contributed by atoms with Crippen LogP contribution in [0.3, 0.4) is 0 Å². The summed E-state index contributed by atoms with van der Waals surface area (Å²) in [6, 6.07) is 0. The topological polar surface area (TPSA) is 90.8 Å². The van der Waals surface area contributed by atoms with Gasteiger partial charge in [0.2, 0.25) is 0 Å². The van der Waals surface area contributed by atoms with E-state index in [-0.39, 0.29) is 37.2 Å². The van der Waals surface area contributed by atoms with Crippen LogP contribution in [0.15, 0.2) is 0 Å². The lowest BCUT2D eigenvalue weighted by Gasteiger charge is -2.25. The highest BCUT2D eigenvalue weighted by Gasteiger charge is 2.25. The molecular weight excluding hydrogens is 612 g/mol. The fourth-order valence-corrected chi connectivity index (χ4v) is 6.66. The van der Waals surface area contributed by atoms with E-state index in [1.165, 1.54) is 103 Å². The van der Waals surface area contributed by atoms with Crippen LogP contribution < -0.4 is 11.5 Å². The second-order valence-electron chi connectivity index (χ2n) is 11.5. The molecule has 260 valence electrons. The first-order valence-electron chi connectivity index (χ1n) is 17.1. The van der Waals surface area contributed by atoms with E-state index in [1.54, 1.807) is 0 Å². The Morgan fingerprint density at radius 3 is 1.10 bits per heavy atom. The molecule has 0 spiro atoms. The minimum Gasteiger partial charge on any atom is -0.330 e. The Morgan fingerprint density at radius 1 is 0.476 bits per heavy atom. The highest BCUT2D eigenvalue weighted by molar-refractivity contribution is 7.53. The van der Waals surface area contributed by atoms with Crippen LogP contribution in [-0.2, 0) is 13.6 Å². The van der Waals surface area contributed by atoms with Gasteiger partial charge in [-0.15, -0.1) is 37.2 Å². The van der Waals surface area contributed by atoms with Gasteiger partial charge in [-0.1, -0.05) is 129 Å². The molecule has 0 aliphatic heterocycles. The average Bonchev–Trinajstić information content (AvgIpc) is 2.94. The van der Waals surface area contributed by atoms with Gasteiger partial charge in [-0.05, 0) is 51.9 Å². The van der Waals surface area contributed by atoms with Crippen molar-refractivity contribution in [1.29, 1.82) is 0 Å². The van der Waals surface area contributed by atoms with Gasteiger partial charge in [0, 0.05) is 6.54 Å². The van der Waals surface area contributed by atoms with Crippen LogP contribution in [0.1, 0.15) is 155 Å². The maximum Gasteiger partial charge on any atom is 0.331 e. The summed E-state index contributed by atoms with van der Waals surface area (Å²) in [7, 11) is -3.10. The molecule has 6 nitrogen and oxygen atoms in total. The van der Waals surface area contributed by atoms with E-state index in [0.717, 1.165) is 51.6 Å². The van der Waals surface area contributed by atoms with Crippen molar-refractivity contribution in [3.05, 3.63) is 0 Å². The summed E-state index contributed by atoms with van der Waals surface area (Å²) in [5.74, 6) is 0. The molecule has 10 heteroatoms. The highest BCUT2D eigenvalue weighted by atomic mass is 35.5. The van der Waals surface area contributed by atoms with Crippen LogP contribution in [0.5, 0.6) is 0 Å². The normalized spacial score (nSPS) is 11.3. The van der Waals surface area contributed by atoms with Gasteiger partial charge in [-0.25, -0.2) is 0 Å². The number of nitrogens with two attached hydrogens (primary N) is 2. The van der Waals surface area contributed by atoms with E-state index < -0.39 is 7.60 Å². The van der Waals surface area contributed by atoms with Crippen LogP contribution in [0.2, 0.25) is 0 Å². The zero-order chi connectivity index (χ0) is 28.7. The fraction of sp³-hybridized carbons (Fsp3) is 1.00. The van der Waals surface area contributed by atoms with Gasteiger partial charge >= 0.3 is 7.60 Å². The lowest BCUT2D eigenvalue weighted by molar-refractivity contribution is 0.191. The molecule has 0 rings (SSSR count). The second kappa shape index (κ2) is 39.9. The minimum atomic E-state index is -3.10. The van der Waals surface area contributed by atoms with E-state index in [2.05, 4.69) is 18.7 Å². The van der Waals surface area contributed by atoms with Crippen molar-refractivity contribution in [1.82, 2.24) is 4.90 Å². The number of hydrogen-bond donors (Lipinski definition) is 2. The quantitative estimate of drug-likeness (QED) is 0.0528. The van der Waals surface area contributed by atoms with Crippen LogP contribution in [-0.4, -0.2) is 57.0 Å². The Morgan fingerprint density at radius 2 is 0.786 bits per heavy atom. The molecule has 4 N–H and O–H groups in total. The smallest absolute Gasteiger partial charge is 0.330 e. The summed E-state index contributed by atoms with van der Waals surface area (Å²) in [6.07, 6.45) is 27.9. The molecule has 0 unspecified atom stereocenters. The molecule has 0 fully saturated rings. The third-order valence-electron chi connectivity index (χ3n) is 7.62. The molecule has 0 radical (unpaired) electrons. The summed E-state index contributed by atoms with van der Waals surface area (Å²) < 4.78 is 25.7. The highest BCUT2D eigenvalue weighted by Crippen LogP contribution is 2.48. The van der Waals surface area contributed by atoms with Crippen LogP contribution >= 0.6 is 44.8 Å².